The van der Waals surface area contributed by atoms with E-state index in [1.807, 2.05) is 24.3 Å². The molecule has 0 bridgehead atoms. The van der Waals surface area contributed by atoms with Crippen LogP contribution in [0.3, 0.4) is 0 Å². The molecule has 0 aliphatic heterocycles. The van der Waals surface area contributed by atoms with Gasteiger partial charge in [-0.05, 0) is 6.07 Å². The Labute approximate surface area is 241 Å². The summed E-state index contributed by atoms with van der Waals surface area (Å²) in [5.41, 5.74) is 2.66. The van der Waals surface area contributed by atoms with Crippen LogP contribution in [0.4, 0.5) is 0 Å². The number of hydrogen-bond acceptors (Lipinski definition) is 1. The van der Waals surface area contributed by atoms with Crippen LogP contribution in [0.15, 0.2) is 127 Å². The average molecular weight is 589 g/mol. The Bertz CT molecular complexity index is 1370. The summed E-state index contributed by atoms with van der Waals surface area (Å²) in [6, 6.07) is 37.9. The summed E-state index contributed by atoms with van der Waals surface area (Å²) >= 11 is 1.46. The molecule has 0 spiro atoms. The molecule has 5 aromatic rings. The molecule has 1 aliphatic carbocycles. The maximum atomic E-state index is 5.39. The first-order valence-corrected chi connectivity index (χ1v) is 12.5. The zero-order valence-electron chi connectivity index (χ0n) is 20.0. The van der Waals surface area contributed by atoms with Crippen LogP contribution < -0.4 is 29.6 Å². The van der Waals surface area contributed by atoms with Crippen molar-refractivity contribution in [2.75, 3.05) is 7.11 Å². The van der Waals surface area contributed by atoms with E-state index in [0.29, 0.717) is 0 Å². The standard InChI is InChI=1S/C14H11O.C13H10.C5H5.2ClH.Zr/c1-15-13-8-4-6-11-9-10-5-2-3-7-12(10)14(11)13;1-3-7-12(8-4-1)11-13-9-5-2-6-10-13;1-2-4-5-3-1;;;/h2-9H,1H3;1-10H;1-3H,4H2;2*1H;/q-1;;-1;;;+2/p-2. The predicted molar refractivity (Wildman–Crippen MR) is 141 cm³/mol. The van der Waals surface area contributed by atoms with Crippen molar-refractivity contribution in [3.05, 3.63) is 145 Å². The number of methoxy groups -OCH3 is 1. The van der Waals surface area contributed by atoms with Crippen molar-refractivity contribution in [1.29, 1.82) is 0 Å². The van der Waals surface area contributed by atoms with Crippen LogP contribution in [0.5, 0.6) is 5.75 Å². The van der Waals surface area contributed by atoms with Crippen LogP contribution in [-0.4, -0.2) is 10.3 Å². The van der Waals surface area contributed by atoms with Gasteiger partial charge in [0.1, 0.15) is 0 Å². The molecule has 1 aliphatic rings. The summed E-state index contributed by atoms with van der Waals surface area (Å²) in [6.45, 7) is 0. The van der Waals surface area contributed by atoms with Gasteiger partial charge in [-0.3, -0.25) is 6.08 Å². The second-order valence-electron chi connectivity index (χ2n) is 7.77. The van der Waals surface area contributed by atoms with E-state index in [4.69, 9.17) is 4.74 Å². The first kappa shape index (κ1) is 29.6. The van der Waals surface area contributed by atoms with Gasteiger partial charge in [0.2, 0.25) is 0 Å². The van der Waals surface area contributed by atoms with E-state index in [9.17, 15) is 0 Å². The van der Waals surface area contributed by atoms with Gasteiger partial charge in [0, 0.05) is 0 Å². The molecule has 0 amide bonds. The van der Waals surface area contributed by atoms with Gasteiger partial charge >= 0.3 is 99.2 Å². The zero-order valence-corrected chi connectivity index (χ0v) is 24.0. The van der Waals surface area contributed by atoms with Gasteiger partial charge < -0.3 is 29.6 Å². The molecule has 0 atom stereocenters. The Balaban J connectivity index is 0.000000204. The van der Waals surface area contributed by atoms with E-state index in [-0.39, 0.29) is 24.8 Å². The molecule has 0 saturated carbocycles. The minimum atomic E-state index is 0. The molecular weight excluding hydrogens is 562 g/mol. The van der Waals surface area contributed by atoms with Gasteiger partial charge in [-0.25, -0.2) is 12.2 Å². The van der Waals surface area contributed by atoms with Crippen LogP contribution >= 0.6 is 0 Å². The van der Waals surface area contributed by atoms with Gasteiger partial charge in [0.15, 0.2) is 0 Å². The predicted octanol–water partition coefficient (Wildman–Crippen LogP) is 1.84. The van der Waals surface area contributed by atoms with Crippen LogP contribution in [0, 0.1) is 6.08 Å². The summed E-state index contributed by atoms with van der Waals surface area (Å²) in [7, 11) is 1.72. The van der Waals surface area contributed by atoms with Crippen LogP contribution in [0.1, 0.15) is 17.5 Å². The Morgan fingerprint density at radius 3 is 1.86 bits per heavy atom. The molecule has 0 unspecified atom stereocenters. The van der Waals surface area contributed by atoms with E-state index in [2.05, 4.69) is 109 Å². The molecular formula is C32H26Cl2OZr-2. The van der Waals surface area contributed by atoms with Crippen molar-refractivity contribution in [3.8, 4) is 5.75 Å². The molecule has 0 fully saturated rings. The SMILES string of the molecule is COc1cccc2[cH-]c3ccccc3c12.[C-]1=CC=CC1.[Cl-].[Cl-].[Zr+2]=[C](c1ccccc1)c1ccccc1. The van der Waals surface area contributed by atoms with Crippen LogP contribution in [0.2, 0.25) is 0 Å². The number of fused-ring (bicyclic) bond motifs is 3. The van der Waals surface area contributed by atoms with Crippen molar-refractivity contribution in [2.45, 2.75) is 6.42 Å². The molecule has 0 N–H and O–H groups in total. The fourth-order valence-corrected chi connectivity index (χ4v) is 4.68. The number of hydrogen-bond donors (Lipinski definition) is 0. The Kier molecular flexibility index (Phi) is 12.7. The molecule has 6 rings (SSSR count). The topological polar surface area (TPSA) is 9.23 Å². The number of ether oxygens (including phenoxy) is 1. The average Bonchev–Trinajstić information content (AvgIpc) is 3.61. The van der Waals surface area contributed by atoms with Gasteiger partial charge in [-0.2, -0.15) is 6.08 Å². The second kappa shape index (κ2) is 15.5. The second-order valence-corrected chi connectivity index (χ2v) is 9.00. The molecule has 0 aromatic heterocycles. The van der Waals surface area contributed by atoms with Crippen LogP contribution in [0.25, 0.3) is 21.5 Å². The monoisotopic (exact) mass is 586 g/mol. The third kappa shape index (κ3) is 7.68. The Hall–Kier alpha value is -2.64. The fourth-order valence-electron chi connectivity index (χ4n) is 3.86. The van der Waals surface area contributed by atoms with Crippen molar-refractivity contribution in [3.63, 3.8) is 0 Å². The fraction of sp³-hybridized carbons (Fsp3) is 0.0625. The van der Waals surface area contributed by atoms with Gasteiger partial charge in [-0.1, -0.05) is 29.7 Å². The van der Waals surface area contributed by atoms with Crippen molar-refractivity contribution in [1.82, 2.24) is 0 Å². The third-order valence-electron chi connectivity index (χ3n) is 5.53. The third-order valence-corrected chi connectivity index (χ3v) is 6.95. The molecule has 1 nitrogen and oxygen atoms in total. The summed E-state index contributed by atoms with van der Waals surface area (Å²) in [5.74, 6) is 0.952. The van der Waals surface area contributed by atoms with Gasteiger partial charge in [0.25, 0.3) is 0 Å². The summed E-state index contributed by atoms with van der Waals surface area (Å²) < 4.78 is 6.81. The molecule has 180 valence electrons. The number of allylic oxidation sites excluding steroid dienone is 4. The first-order chi connectivity index (χ1) is 16.8. The van der Waals surface area contributed by atoms with E-state index in [1.54, 1.807) is 7.11 Å². The Morgan fingerprint density at radius 1 is 0.750 bits per heavy atom. The summed E-state index contributed by atoms with van der Waals surface area (Å²) in [4.78, 5) is 0. The molecule has 5 aromatic carbocycles. The number of halogens is 2. The Morgan fingerprint density at radius 2 is 1.33 bits per heavy atom. The normalized spacial score (nSPS) is 10.9. The van der Waals surface area contributed by atoms with Crippen LogP contribution in [-0.2, 0) is 24.2 Å². The number of rotatable bonds is 3. The van der Waals surface area contributed by atoms with E-state index in [1.165, 1.54) is 60.1 Å². The summed E-state index contributed by atoms with van der Waals surface area (Å²) in [5, 5.41) is 5.01. The summed E-state index contributed by atoms with van der Waals surface area (Å²) in [6.07, 6.45) is 10.0. The van der Waals surface area contributed by atoms with Crippen molar-refractivity contribution >= 4 is 24.8 Å². The molecule has 36 heavy (non-hydrogen) atoms. The van der Waals surface area contributed by atoms with Gasteiger partial charge in [-0.15, -0.1) is 40.8 Å². The molecule has 0 saturated heterocycles. The van der Waals surface area contributed by atoms with Crippen molar-refractivity contribution < 1.29 is 53.8 Å². The van der Waals surface area contributed by atoms with E-state index >= 15 is 0 Å². The first-order valence-electron chi connectivity index (χ1n) is 11.3. The molecule has 0 radical (unpaired) electrons. The quantitative estimate of drug-likeness (QED) is 0.293. The van der Waals surface area contributed by atoms with E-state index in [0.717, 1.165) is 12.2 Å². The van der Waals surface area contributed by atoms with Crippen molar-refractivity contribution in [2.24, 2.45) is 0 Å². The zero-order chi connectivity index (χ0) is 23.6. The minimum absolute atomic E-state index is 0. The number of benzene rings is 4. The molecule has 4 heteroatoms. The van der Waals surface area contributed by atoms with E-state index < -0.39 is 0 Å². The maximum absolute atomic E-state index is 5.39. The molecule has 0 heterocycles. The van der Waals surface area contributed by atoms with Gasteiger partial charge in [0.05, 0.1) is 12.9 Å².